The zero-order valence-electron chi connectivity index (χ0n) is 18.2. The number of rotatable bonds is 4. The fourth-order valence-corrected chi connectivity index (χ4v) is 4.54. The van der Waals surface area contributed by atoms with Gasteiger partial charge in [-0.2, -0.15) is 0 Å². The molecule has 1 N–H and O–H groups in total. The molecule has 0 spiro atoms. The van der Waals surface area contributed by atoms with E-state index >= 15 is 0 Å². The molecule has 0 unspecified atom stereocenters. The summed E-state index contributed by atoms with van der Waals surface area (Å²) in [6.07, 6.45) is 3.40. The molecule has 4 aromatic rings. The van der Waals surface area contributed by atoms with E-state index in [0.29, 0.717) is 25.4 Å². The largest absolute Gasteiger partial charge is 0.368 e. The molecule has 1 fully saturated rings. The summed E-state index contributed by atoms with van der Waals surface area (Å²) in [4.78, 5) is 28.6. The topological polar surface area (TPSA) is 84.7 Å². The Morgan fingerprint density at radius 1 is 1.16 bits per heavy atom. The van der Waals surface area contributed by atoms with Crippen molar-refractivity contribution in [2.45, 2.75) is 26.9 Å². The Morgan fingerprint density at radius 2 is 2.03 bits per heavy atom. The molecule has 1 aliphatic rings. The predicted octanol–water partition coefficient (Wildman–Crippen LogP) is 4.07. The van der Waals surface area contributed by atoms with E-state index in [1.807, 2.05) is 61.0 Å². The van der Waals surface area contributed by atoms with Gasteiger partial charge in [0.1, 0.15) is 17.4 Å². The zero-order chi connectivity index (χ0) is 22.2. The number of aryl methyl sites for hydroxylation is 3. The molecule has 0 radical (unpaired) electrons. The second kappa shape index (κ2) is 8.33. The van der Waals surface area contributed by atoms with Crippen LogP contribution in [0.4, 0.5) is 10.8 Å². The summed E-state index contributed by atoms with van der Waals surface area (Å²) in [6, 6.07) is 7.91. The maximum atomic E-state index is 13.2. The highest BCUT2D eigenvalue weighted by molar-refractivity contribution is 7.13. The standard InChI is InChI=1S/C23H24N6O2S/c1-14-4-5-28-11-19(27-21(28)8-14)22(30)29-6-7-31-20(12-29)18-10-17(9-15(2)24-18)26-23-25-16(3)13-32-23/h4-5,8-11,13,20H,6-7,12H2,1-3H3,(H,24,25,26)/t20-/m0/s1. The van der Waals surface area contributed by atoms with Crippen molar-refractivity contribution < 1.29 is 9.53 Å². The molecule has 8 nitrogen and oxygen atoms in total. The molecule has 0 saturated carbocycles. The lowest BCUT2D eigenvalue weighted by Crippen LogP contribution is -2.42. The first kappa shape index (κ1) is 20.6. The van der Waals surface area contributed by atoms with Gasteiger partial charge in [-0.3, -0.25) is 9.78 Å². The number of pyridine rings is 2. The van der Waals surface area contributed by atoms with Gasteiger partial charge in [0.2, 0.25) is 0 Å². The van der Waals surface area contributed by atoms with Gasteiger partial charge in [-0.15, -0.1) is 11.3 Å². The Morgan fingerprint density at radius 3 is 2.84 bits per heavy atom. The van der Waals surface area contributed by atoms with Gasteiger partial charge in [0.05, 0.1) is 24.5 Å². The molecule has 1 amide bonds. The molecule has 32 heavy (non-hydrogen) atoms. The molecular formula is C23H24N6O2S. The monoisotopic (exact) mass is 448 g/mol. The third kappa shape index (κ3) is 4.21. The average molecular weight is 449 g/mol. The summed E-state index contributed by atoms with van der Waals surface area (Å²) >= 11 is 1.56. The predicted molar refractivity (Wildman–Crippen MR) is 124 cm³/mol. The SMILES string of the molecule is Cc1ccn2cc(C(=O)N3CCO[C@H](c4cc(Nc5nc(C)cs5)cc(C)n4)C3)nc2c1. The van der Waals surface area contributed by atoms with E-state index in [1.54, 1.807) is 22.4 Å². The molecule has 0 aromatic carbocycles. The smallest absolute Gasteiger partial charge is 0.274 e. The first-order valence-electron chi connectivity index (χ1n) is 10.5. The second-order valence-corrected chi connectivity index (χ2v) is 8.91. The average Bonchev–Trinajstić information content (AvgIpc) is 3.38. The zero-order valence-corrected chi connectivity index (χ0v) is 19.0. The minimum absolute atomic E-state index is 0.0936. The van der Waals surface area contributed by atoms with Gasteiger partial charge in [0.15, 0.2) is 5.13 Å². The molecule has 164 valence electrons. The minimum Gasteiger partial charge on any atom is -0.368 e. The van der Waals surface area contributed by atoms with E-state index in [2.05, 4.69) is 20.3 Å². The van der Waals surface area contributed by atoms with E-state index in [0.717, 1.165) is 39.1 Å². The van der Waals surface area contributed by atoms with Crippen LogP contribution in [0, 0.1) is 20.8 Å². The van der Waals surface area contributed by atoms with Crippen LogP contribution in [-0.4, -0.2) is 49.9 Å². The number of thiazole rings is 1. The Hall–Kier alpha value is -3.30. The number of hydrogen-bond acceptors (Lipinski definition) is 7. The molecule has 1 atom stereocenters. The van der Waals surface area contributed by atoms with Crippen LogP contribution in [0.15, 0.2) is 42.0 Å². The number of anilines is 2. The summed E-state index contributed by atoms with van der Waals surface area (Å²) < 4.78 is 7.87. The number of imidazole rings is 1. The van der Waals surface area contributed by atoms with E-state index in [9.17, 15) is 4.79 Å². The highest BCUT2D eigenvalue weighted by Crippen LogP contribution is 2.27. The number of carbonyl (C=O) groups excluding carboxylic acids is 1. The van der Waals surface area contributed by atoms with Crippen molar-refractivity contribution in [3.63, 3.8) is 0 Å². The number of morpholine rings is 1. The Bertz CT molecular complexity index is 1300. The summed E-state index contributed by atoms with van der Waals surface area (Å²) in [5.74, 6) is -0.0936. The number of aromatic nitrogens is 4. The summed E-state index contributed by atoms with van der Waals surface area (Å²) in [5, 5.41) is 6.18. The Labute approximate surface area is 189 Å². The van der Waals surface area contributed by atoms with Gasteiger partial charge < -0.3 is 19.4 Å². The van der Waals surface area contributed by atoms with Crippen LogP contribution >= 0.6 is 11.3 Å². The first-order valence-corrected chi connectivity index (χ1v) is 11.4. The maximum Gasteiger partial charge on any atom is 0.274 e. The van der Waals surface area contributed by atoms with Crippen LogP contribution in [0.25, 0.3) is 5.65 Å². The fourth-order valence-electron chi connectivity index (χ4n) is 3.83. The van der Waals surface area contributed by atoms with Crippen molar-refractivity contribution in [1.82, 2.24) is 24.3 Å². The number of carbonyl (C=O) groups is 1. The molecular weight excluding hydrogens is 424 g/mol. The highest BCUT2D eigenvalue weighted by Gasteiger charge is 2.28. The van der Waals surface area contributed by atoms with Crippen molar-refractivity contribution in [2.75, 3.05) is 25.0 Å². The van der Waals surface area contributed by atoms with Crippen LogP contribution in [0.2, 0.25) is 0 Å². The second-order valence-electron chi connectivity index (χ2n) is 8.05. The molecule has 0 bridgehead atoms. The lowest BCUT2D eigenvalue weighted by atomic mass is 10.1. The van der Waals surface area contributed by atoms with Gasteiger partial charge in [-0.25, -0.2) is 9.97 Å². The van der Waals surface area contributed by atoms with Crippen LogP contribution in [0.5, 0.6) is 0 Å². The van der Waals surface area contributed by atoms with Gasteiger partial charge >= 0.3 is 0 Å². The fraction of sp³-hybridized carbons (Fsp3) is 0.304. The van der Waals surface area contributed by atoms with Crippen molar-refractivity contribution in [2.24, 2.45) is 0 Å². The van der Waals surface area contributed by atoms with Crippen LogP contribution in [0.1, 0.15) is 39.2 Å². The van der Waals surface area contributed by atoms with Crippen molar-refractivity contribution in [3.05, 3.63) is 70.4 Å². The molecule has 9 heteroatoms. The highest BCUT2D eigenvalue weighted by atomic mass is 32.1. The molecule has 5 rings (SSSR count). The van der Waals surface area contributed by atoms with E-state index in [1.165, 1.54) is 0 Å². The van der Waals surface area contributed by atoms with E-state index < -0.39 is 0 Å². The van der Waals surface area contributed by atoms with E-state index in [-0.39, 0.29) is 12.0 Å². The molecule has 4 aromatic heterocycles. The maximum absolute atomic E-state index is 13.2. The number of ether oxygens (including phenoxy) is 1. The number of nitrogens with one attached hydrogen (secondary N) is 1. The van der Waals surface area contributed by atoms with Crippen LogP contribution in [-0.2, 0) is 4.74 Å². The van der Waals surface area contributed by atoms with Gasteiger partial charge in [-0.1, -0.05) is 0 Å². The van der Waals surface area contributed by atoms with E-state index in [4.69, 9.17) is 4.74 Å². The minimum atomic E-state index is -0.301. The van der Waals surface area contributed by atoms with Crippen LogP contribution < -0.4 is 5.32 Å². The number of amides is 1. The van der Waals surface area contributed by atoms with Crippen molar-refractivity contribution in [3.8, 4) is 0 Å². The number of hydrogen-bond donors (Lipinski definition) is 1. The number of nitrogens with zero attached hydrogens (tertiary/aromatic N) is 5. The Kier molecular flexibility index (Phi) is 5.36. The normalized spacial score (nSPS) is 16.5. The Balaban J connectivity index is 1.35. The van der Waals surface area contributed by atoms with Crippen molar-refractivity contribution >= 4 is 33.7 Å². The molecule has 5 heterocycles. The first-order chi connectivity index (χ1) is 15.4. The number of fused-ring (bicyclic) bond motifs is 1. The van der Waals surface area contributed by atoms with Crippen molar-refractivity contribution in [1.29, 1.82) is 0 Å². The third-order valence-corrected chi connectivity index (χ3v) is 6.24. The molecule has 1 saturated heterocycles. The van der Waals surface area contributed by atoms with Crippen LogP contribution in [0.3, 0.4) is 0 Å². The molecule has 0 aliphatic carbocycles. The quantitative estimate of drug-likeness (QED) is 0.507. The molecule has 1 aliphatic heterocycles. The van der Waals surface area contributed by atoms with Gasteiger partial charge in [0.25, 0.3) is 5.91 Å². The summed E-state index contributed by atoms with van der Waals surface area (Å²) in [5.41, 5.74) is 5.88. The summed E-state index contributed by atoms with van der Waals surface area (Å²) in [7, 11) is 0. The lowest BCUT2D eigenvalue weighted by molar-refractivity contribution is -0.0249. The summed E-state index contributed by atoms with van der Waals surface area (Å²) in [6.45, 7) is 7.33. The lowest BCUT2D eigenvalue weighted by Gasteiger charge is -2.32. The van der Waals surface area contributed by atoms with Gasteiger partial charge in [0, 0.05) is 35.7 Å². The van der Waals surface area contributed by atoms with Gasteiger partial charge in [-0.05, 0) is 50.6 Å². The third-order valence-electron chi connectivity index (χ3n) is 5.36.